The van der Waals surface area contributed by atoms with Gasteiger partial charge in [-0.15, -0.1) is 12.6 Å². The van der Waals surface area contributed by atoms with E-state index in [1.165, 1.54) is 5.56 Å². The second-order valence-electron chi connectivity index (χ2n) is 6.67. The Bertz CT molecular complexity index is 1020. The minimum Gasteiger partial charge on any atom is -0.392 e. The molecule has 0 unspecified atom stereocenters. The van der Waals surface area contributed by atoms with E-state index in [1.54, 1.807) is 24.0 Å². The Morgan fingerprint density at radius 1 is 1.00 bits per heavy atom. The Balaban J connectivity index is 1.67. The Kier molecular flexibility index (Phi) is 7.56. The fourth-order valence-corrected chi connectivity index (χ4v) is 3.23. The van der Waals surface area contributed by atoms with Crippen LogP contribution in [0, 0.1) is 0 Å². The normalized spacial score (nSPS) is 12.5. The van der Waals surface area contributed by atoms with Crippen molar-refractivity contribution in [3.05, 3.63) is 107 Å². The molecule has 0 amide bonds. The van der Waals surface area contributed by atoms with Gasteiger partial charge in [0.25, 0.3) is 0 Å². The van der Waals surface area contributed by atoms with Crippen molar-refractivity contribution in [2.75, 3.05) is 0 Å². The summed E-state index contributed by atoms with van der Waals surface area (Å²) in [6.45, 7) is 2.04. The lowest BCUT2D eigenvalue weighted by molar-refractivity contribution is 0.281. The molecule has 3 nitrogen and oxygen atoms in total. The molecule has 0 saturated heterocycles. The van der Waals surface area contributed by atoms with Crippen molar-refractivity contribution in [2.24, 2.45) is 4.99 Å². The molecule has 0 fully saturated rings. The molecule has 1 heterocycles. The monoisotopic (exact) mass is 400 g/mol. The van der Waals surface area contributed by atoms with Gasteiger partial charge in [0.15, 0.2) is 0 Å². The molecular weight excluding hydrogens is 376 g/mol. The Hall–Kier alpha value is -2.95. The van der Waals surface area contributed by atoms with Gasteiger partial charge in [-0.05, 0) is 63.9 Å². The Morgan fingerprint density at radius 3 is 2.38 bits per heavy atom. The lowest BCUT2D eigenvalue weighted by Gasteiger charge is -2.07. The minimum absolute atomic E-state index is 0.0236. The average Bonchev–Trinajstić information content (AvgIpc) is 2.79. The van der Waals surface area contributed by atoms with E-state index in [4.69, 9.17) is 0 Å². The Labute approximate surface area is 177 Å². The van der Waals surface area contributed by atoms with Gasteiger partial charge in [0, 0.05) is 25.0 Å². The van der Waals surface area contributed by atoms with Crippen LogP contribution in [0.4, 0.5) is 0 Å². The highest BCUT2D eigenvalue weighted by molar-refractivity contribution is 7.83. The third kappa shape index (κ3) is 5.76. The van der Waals surface area contributed by atoms with Crippen molar-refractivity contribution in [3.63, 3.8) is 0 Å². The first-order valence-electron chi connectivity index (χ1n) is 9.44. The van der Waals surface area contributed by atoms with Crippen molar-refractivity contribution in [1.82, 2.24) is 4.98 Å². The number of aliphatic hydroxyl groups is 1. The van der Waals surface area contributed by atoms with Crippen LogP contribution in [0.25, 0.3) is 16.7 Å². The first-order valence-corrected chi connectivity index (χ1v) is 9.95. The van der Waals surface area contributed by atoms with E-state index in [2.05, 4.69) is 46.9 Å². The first-order chi connectivity index (χ1) is 14.2. The number of hydrogen-bond acceptors (Lipinski definition) is 4. The molecule has 0 aliphatic rings. The number of nitrogens with zero attached hydrogens (tertiary/aromatic N) is 2. The maximum Gasteiger partial charge on any atom is 0.0687 e. The SMILES string of the molecule is C\C(=C/C=N\C(=C/S)Cc1ccc(-c2ccncc2)cc1)c1ccccc1CO. The molecule has 0 aliphatic heterocycles. The van der Waals surface area contributed by atoms with Crippen molar-refractivity contribution >= 4 is 24.4 Å². The van der Waals surface area contributed by atoms with Gasteiger partial charge in [0.2, 0.25) is 0 Å². The molecular formula is C25H24N2OS. The molecule has 4 heteroatoms. The van der Waals surface area contributed by atoms with Crippen molar-refractivity contribution in [1.29, 1.82) is 0 Å². The van der Waals surface area contributed by atoms with Gasteiger partial charge >= 0.3 is 0 Å². The topological polar surface area (TPSA) is 45.5 Å². The van der Waals surface area contributed by atoms with Crippen LogP contribution in [-0.2, 0) is 13.0 Å². The third-order valence-electron chi connectivity index (χ3n) is 4.68. The zero-order chi connectivity index (χ0) is 20.5. The largest absolute Gasteiger partial charge is 0.392 e. The molecule has 146 valence electrons. The van der Waals surface area contributed by atoms with Gasteiger partial charge in [-0.25, -0.2) is 0 Å². The lowest BCUT2D eigenvalue weighted by atomic mass is 10.0. The van der Waals surface area contributed by atoms with E-state index < -0.39 is 0 Å². The molecule has 29 heavy (non-hydrogen) atoms. The summed E-state index contributed by atoms with van der Waals surface area (Å²) in [7, 11) is 0. The summed E-state index contributed by atoms with van der Waals surface area (Å²) in [6.07, 6.45) is 8.05. The van der Waals surface area contributed by atoms with Crippen molar-refractivity contribution < 1.29 is 5.11 Å². The number of thiol groups is 1. The van der Waals surface area contributed by atoms with Gasteiger partial charge < -0.3 is 5.11 Å². The van der Waals surface area contributed by atoms with E-state index in [0.717, 1.165) is 33.5 Å². The summed E-state index contributed by atoms with van der Waals surface area (Å²) >= 11 is 4.31. The molecule has 0 bridgehead atoms. The van der Waals surface area contributed by atoms with Crippen LogP contribution in [0.15, 0.2) is 95.2 Å². The van der Waals surface area contributed by atoms with Gasteiger partial charge in [0.05, 0.1) is 12.3 Å². The van der Waals surface area contributed by atoms with Crippen molar-refractivity contribution in [2.45, 2.75) is 20.0 Å². The number of hydrogen-bond donors (Lipinski definition) is 2. The molecule has 0 atom stereocenters. The molecule has 0 spiro atoms. The van der Waals surface area contributed by atoms with Crippen LogP contribution in [0.1, 0.15) is 23.6 Å². The zero-order valence-corrected chi connectivity index (χ0v) is 17.3. The standard InChI is InChI=1S/C25H24N2OS/c1-19(25-5-3-2-4-23(25)17-28)10-15-27-24(18-29)16-20-6-8-21(9-7-20)22-11-13-26-14-12-22/h2-15,18,28-29H,16-17H2,1H3/b19-10+,24-18-,27-15-. The van der Waals surface area contributed by atoms with Gasteiger partial charge in [-0.3, -0.25) is 9.98 Å². The first kappa shape index (κ1) is 20.8. The molecule has 1 aromatic heterocycles. The predicted octanol–water partition coefficient (Wildman–Crippen LogP) is 5.73. The highest BCUT2D eigenvalue weighted by atomic mass is 32.1. The van der Waals surface area contributed by atoms with Crippen LogP contribution >= 0.6 is 12.6 Å². The molecule has 3 aromatic rings. The summed E-state index contributed by atoms with van der Waals surface area (Å²) in [5.41, 5.74) is 7.36. The fourth-order valence-electron chi connectivity index (χ4n) is 3.07. The quantitative estimate of drug-likeness (QED) is 0.393. The van der Waals surface area contributed by atoms with E-state index >= 15 is 0 Å². The highest BCUT2D eigenvalue weighted by Crippen LogP contribution is 2.21. The maximum absolute atomic E-state index is 9.49. The smallest absolute Gasteiger partial charge is 0.0687 e. The third-order valence-corrected chi connectivity index (χ3v) is 4.98. The summed E-state index contributed by atoms with van der Waals surface area (Å²) in [6, 6.07) is 20.3. The minimum atomic E-state index is 0.0236. The van der Waals surface area contributed by atoms with Gasteiger partial charge in [-0.2, -0.15) is 0 Å². The van der Waals surface area contributed by atoms with Crippen LogP contribution in [-0.4, -0.2) is 16.3 Å². The predicted molar refractivity (Wildman–Crippen MR) is 125 cm³/mol. The number of pyridine rings is 1. The van der Waals surface area contributed by atoms with E-state index in [9.17, 15) is 5.11 Å². The fraction of sp³-hybridized carbons (Fsp3) is 0.120. The zero-order valence-electron chi connectivity index (χ0n) is 16.4. The van der Waals surface area contributed by atoms with E-state index in [0.29, 0.717) is 6.42 Å². The molecule has 0 radical (unpaired) electrons. The summed E-state index contributed by atoms with van der Waals surface area (Å²) < 4.78 is 0. The highest BCUT2D eigenvalue weighted by Gasteiger charge is 2.02. The number of aliphatic imine (C=N–C) groups is 1. The number of benzene rings is 2. The molecule has 3 rings (SSSR count). The van der Waals surface area contributed by atoms with Crippen LogP contribution in [0.2, 0.25) is 0 Å². The number of allylic oxidation sites excluding steroid dienone is 3. The molecule has 2 aromatic carbocycles. The van der Waals surface area contributed by atoms with Crippen LogP contribution in [0.5, 0.6) is 0 Å². The molecule has 0 aliphatic carbocycles. The van der Waals surface area contributed by atoms with E-state index in [-0.39, 0.29) is 6.61 Å². The number of rotatable bonds is 7. The summed E-state index contributed by atoms with van der Waals surface area (Å²) in [5.74, 6) is 0. The van der Waals surface area contributed by atoms with Gasteiger partial charge in [-0.1, -0.05) is 48.5 Å². The lowest BCUT2D eigenvalue weighted by Crippen LogP contribution is -1.92. The van der Waals surface area contributed by atoms with Gasteiger partial charge in [0.1, 0.15) is 0 Å². The summed E-state index contributed by atoms with van der Waals surface area (Å²) in [5, 5.41) is 11.2. The summed E-state index contributed by atoms with van der Waals surface area (Å²) in [4.78, 5) is 8.61. The molecule has 1 N–H and O–H groups in total. The second kappa shape index (κ2) is 10.6. The maximum atomic E-state index is 9.49. The average molecular weight is 401 g/mol. The van der Waals surface area contributed by atoms with Crippen LogP contribution < -0.4 is 0 Å². The van der Waals surface area contributed by atoms with E-state index in [1.807, 2.05) is 49.4 Å². The second-order valence-corrected chi connectivity index (χ2v) is 6.93. The molecule has 0 saturated carbocycles. The van der Waals surface area contributed by atoms with Crippen molar-refractivity contribution in [3.8, 4) is 11.1 Å². The van der Waals surface area contributed by atoms with Crippen LogP contribution in [0.3, 0.4) is 0 Å². The number of aromatic nitrogens is 1. The number of aliphatic hydroxyl groups excluding tert-OH is 1. The Morgan fingerprint density at radius 2 is 1.69 bits per heavy atom.